The number of alkyl halides is 1. The Kier molecular flexibility index (Phi) is 5.32. The minimum absolute atomic E-state index is 0.211. The normalized spacial score (nSPS) is 10.1. The van der Waals surface area contributed by atoms with E-state index in [1.165, 1.54) is 6.26 Å². The van der Waals surface area contributed by atoms with Gasteiger partial charge in [0.05, 0.1) is 19.5 Å². The lowest BCUT2D eigenvalue weighted by Gasteiger charge is -2.03. The van der Waals surface area contributed by atoms with Crippen LogP contribution >= 0.6 is 15.9 Å². The number of carbonyl (C=O) groups is 1. The zero-order valence-electron chi connectivity index (χ0n) is 7.66. The maximum absolute atomic E-state index is 11.3. The highest BCUT2D eigenvalue weighted by Gasteiger charge is 2.06. The Morgan fingerprint density at radius 3 is 3.07 bits per heavy atom. The molecule has 0 saturated carbocycles. The van der Waals surface area contributed by atoms with Crippen LogP contribution in [0, 0.1) is 0 Å². The van der Waals surface area contributed by atoms with Gasteiger partial charge in [-0.3, -0.25) is 4.79 Å². The molecular weight excluding hydrogens is 250 g/mol. The number of carbonyl (C=O) groups excluding carboxylic acids is 1. The summed E-state index contributed by atoms with van der Waals surface area (Å²) in [5.74, 6) is 0.114. The van der Waals surface area contributed by atoms with Crippen LogP contribution in [-0.4, -0.2) is 31.0 Å². The van der Waals surface area contributed by atoms with Crippen molar-refractivity contribution >= 4 is 21.8 Å². The number of amides is 1. The fourth-order valence-corrected chi connectivity index (χ4v) is 1.12. The molecule has 5 heteroatoms. The smallest absolute Gasteiger partial charge is 0.287 e. The Morgan fingerprint density at radius 1 is 1.57 bits per heavy atom. The molecule has 0 saturated heterocycles. The highest BCUT2D eigenvalue weighted by molar-refractivity contribution is 9.09. The van der Waals surface area contributed by atoms with Gasteiger partial charge in [0, 0.05) is 11.9 Å². The summed E-state index contributed by atoms with van der Waals surface area (Å²) in [4.78, 5) is 11.3. The van der Waals surface area contributed by atoms with Gasteiger partial charge in [0.2, 0.25) is 0 Å². The molecule has 1 N–H and O–H groups in total. The van der Waals surface area contributed by atoms with Crippen LogP contribution in [0.4, 0.5) is 0 Å². The summed E-state index contributed by atoms with van der Waals surface area (Å²) in [6, 6.07) is 3.30. The Balaban J connectivity index is 2.10. The first-order valence-electron chi connectivity index (χ1n) is 4.30. The van der Waals surface area contributed by atoms with E-state index in [2.05, 4.69) is 21.2 Å². The number of halogens is 1. The maximum Gasteiger partial charge on any atom is 0.287 e. The Bertz CT molecular complexity index is 261. The molecule has 4 nitrogen and oxygen atoms in total. The van der Waals surface area contributed by atoms with Crippen LogP contribution in [0.25, 0.3) is 0 Å². The first-order chi connectivity index (χ1) is 6.84. The Morgan fingerprint density at radius 2 is 2.43 bits per heavy atom. The molecular formula is C9H12BrNO3. The van der Waals surface area contributed by atoms with E-state index in [1.807, 2.05) is 0 Å². The van der Waals surface area contributed by atoms with Crippen molar-refractivity contribution in [3.8, 4) is 0 Å². The van der Waals surface area contributed by atoms with Crippen molar-refractivity contribution in [3.63, 3.8) is 0 Å². The zero-order valence-corrected chi connectivity index (χ0v) is 9.25. The first kappa shape index (κ1) is 11.3. The minimum atomic E-state index is -0.211. The van der Waals surface area contributed by atoms with Crippen LogP contribution in [-0.2, 0) is 4.74 Å². The number of furan rings is 1. The fourth-order valence-electron chi connectivity index (χ4n) is 0.888. The lowest BCUT2D eigenvalue weighted by Crippen LogP contribution is -2.27. The van der Waals surface area contributed by atoms with E-state index < -0.39 is 0 Å². The third-order valence-electron chi connectivity index (χ3n) is 1.50. The molecule has 1 rings (SSSR count). The van der Waals surface area contributed by atoms with Crippen molar-refractivity contribution in [1.82, 2.24) is 5.32 Å². The molecule has 1 aromatic heterocycles. The third kappa shape index (κ3) is 3.93. The van der Waals surface area contributed by atoms with Crippen molar-refractivity contribution in [2.45, 2.75) is 0 Å². The summed E-state index contributed by atoms with van der Waals surface area (Å²) in [5, 5.41) is 3.48. The molecule has 14 heavy (non-hydrogen) atoms. The van der Waals surface area contributed by atoms with Gasteiger partial charge in [-0.25, -0.2) is 0 Å². The molecule has 1 amide bonds. The van der Waals surface area contributed by atoms with Gasteiger partial charge in [-0.1, -0.05) is 15.9 Å². The van der Waals surface area contributed by atoms with Gasteiger partial charge in [-0.15, -0.1) is 0 Å². The average Bonchev–Trinajstić information content (AvgIpc) is 2.70. The number of ether oxygens (including phenoxy) is 1. The number of hydrogen-bond donors (Lipinski definition) is 1. The van der Waals surface area contributed by atoms with Crippen LogP contribution < -0.4 is 5.32 Å². The number of hydrogen-bond acceptors (Lipinski definition) is 3. The second-order valence-corrected chi connectivity index (χ2v) is 3.33. The quantitative estimate of drug-likeness (QED) is 0.623. The highest BCUT2D eigenvalue weighted by atomic mass is 79.9. The first-order valence-corrected chi connectivity index (χ1v) is 5.42. The summed E-state index contributed by atoms with van der Waals surface area (Å²) < 4.78 is 10.1. The molecule has 1 heterocycles. The summed E-state index contributed by atoms with van der Waals surface area (Å²) in [6.45, 7) is 1.65. The van der Waals surface area contributed by atoms with Gasteiger partial charge in [-0.2, -0.15) is 0 Å². The molecule has 0 bridgehead atoms. The van der Waals surface area contributed by atoms with Gasteiger partial charge in [-0.05, 0) is 12.1 Å². The van der Waals surface area contributed by atoms with Gasteiger partial charge in [0.15, 0.2) is 5.76 Å². The van der Waals surface area contributed by atoms with Crippen LogP contribution in [0.3, 0.4) is 0 Å². The van der Waals surface area contributed by atoms with Gasteiger partial charge in [0.25, 0.3) is 5.91 Å². The van der Waals surface area contributed by atoms with Crippen molar-refractivity contribution in [1.29, 1.82) is 0 Å². The monoisotopic (exact) mass is 261 g/mol. The molecule has 0 aliphatic rings. The van der Waals surface area contributed by atoms with Gasteiger partial charge < -0.3 is 14.5 Å². The van der Waals surface area contributed by atoms with E-state index in [1.54, 1.807) is 12.1 Å². The zero-order chi connectivity index (χ0) is 10.2. The molecule has 0 spiro atoms. The van der Waals surface area contributed by atoms with Gasteiger partial charge >= 0.3 is 0 Å². The summed E-state index contributed by atoms with van der Waals surface area (Å²) in [5.41, 5.74) is 0. The van der Waals surface area contributed by atoms with Crippen LogP contribution in [0.5, 0.6) is 0 Å². The van der Waals surface area contributed by atoms with Crippen LogP contribution in [0.15, 0.2) is 22.8 Å². The molecule has 0 unspecified atom stereocenters. The minimum Gasteiger partial charge on any atom is -0.459 e. The van der Waals surface area contributed by atoms with E-state index in [-0.39, 0.29) is 5.91 Å². The lowest BCUT2D eigenvalue weighted by atomic mass is 10.4. The standard InChI is InChI=1S/C9H12BrNO3/c10-3-6-13-7-4-11-9(12)8-2-1-5-14-8/h1-2,5H,3-4,6-7H2,(H,11,12). The number of nitrogens with one attached hydrogen (secondary N) is 1. The number of rotatable bonds is 6. The van der Waals surface area contributed by atoms with E-state index >= 15 is 0 Å². The van der Waals surface area contributed by atoms with E-state index in [0.29, 0.717) is 25.5 Å². The molecule has 0 aromatic carbocycles. The summed E-state index contributed by atoms with van der Waals surface area (Å²) >= 11 is 3.23. The van der Waals surface area contributed by atoms with Crippen molar-refractivity contribution < 1.29 is 13.9 Å². The van der Waals surface area contributed by atoms with E-state index in [9.17, 15) is 4.79 Å². The van der Waals surface area contributed by atoms with Crippen LogP contribution in [0.2, 0.25) is 0 Å². The second-order valence-electron chi connectivity index (χ2n) is 2.53. The molecule has 0 atom stereocenters. The summed E-state index contributed by atoms with van der Waals surface area (Å²) in [7, 11) is 0. The van der Waals surface area contributed by atoms with Crippen molar-refractivity contribution in [3.05, 3.63) is 24.2 Å². The Hall–Kier alpha value is -0.810. The summed E-state index contributed by atoms with van der Waals surface area (Å²) in [6.07, 6.45) is 1.47. The third-order valence-corrected chi connectivity index (χ3v) is 1.82. The van der Waals surface area contributed by atoms with E-state index in [0.717, 1.165) is 5.33 Å². The van der Waals surface area contributed by atoms with Gasteiger partial charge in [0.1, 0.15) is 0 Å². The molecule has 0 fully saturated rings. The predicted molar refractivity (Wildman–Crippen MR) is 55.7 cm³/mol. The van der Waals surface area contributed by atoms with Crippen molar-refractivity contribution in [2.75, 3.05) is 25.1 Å². The van der Waals surface area contributed by atoms with Crippen LogP contribution in [0.1, 0.15) is 10.6 Å². The molecule has 0 radical (unpaired) electrons. The highest BCUT2D eigenvalue weighted by Crippen LogP contribution is 1.98. The SMILES string of the molecule is O=C(NCCOCCBr)c1ccco1. The molecule has 78 valence electrons. The van der Waals surface area contributed by atoms with Crippen molar-refractivity contribution in [2.24, 2.45) is 0 Å². The molecule has 1 aromatic rings. The fraction of sp³-hybridized carbons (Fsp3) is 0.444. The maximum atomic E-state index is 11.3. The predicted octanol–water partition coefficient (Wildman–Crippen LogP) is 1.42. The Labute approximate surface area is 90.7 Å². The lowest BCUT2D eigenvalue weighted by molar-refractivity contribution is 0.0897. The second kappa shape index (κ2) is 6.62. The van der Waals surface area contributed by atoms with E-state index in [4.69, 9.17) is 9.15 Å². The topological polar surface area (TPSA) is 51.5 Å². The molecule has 0 aliphatic carbocycles. The largest absolute Gasteiger partial charge is 0.459 e. The molecule has 0 aliphatic heterocycles. The average molecular weight is 262 g/mol.